The molecule has 0 bridgehead atoms. The van der Waals surface area contributed by atoms with E-state index in [4.69, 9.17) is 0 Å². The minimum absolute atomic E-state index is 0.123. The van der Waals surface area contributed by atoms with E-state index in [9.17, 15) is 19.5 Å². The highest BCUT2D eigenvalue weighted by atomic mass is 32.2. The first-order valence-electron chi connectivity index (χ1n) is 6.28. The van der Waals surface area contributed by atoms with E-state index in [0.29, 0.717) is 0 Å². The van der Waals surface area contributed by atoms with Gasteiger partial charge in [0.25, 0.3) is 0 Å². The van der Waals surface area contributed by atoms with Crippen LogP contribution in [0.5, 0.6) is 0 Å². The molecule has 0 aliphatic rings. The maximum atomic E-state index is 12.7. The molecule has 0 aromatic heterocycles. The summed E-state index contributed by atoms with van der Waals surface area (Å²) in [5.41, 5.74) is 0. The van der Waals surface area contributed by atoms with Crippen LogP contribution in [0.15, 0.2) is 0 Å². The van der Waals surface area contributed by atoms with Crippen molar-refractivity contribution in [2.24, 2.45) is 0 Å². The fraction of sp³-hybridized carbons (Fsp3) is 0.769. The van der Waals surface area contributed by atoms with Crippen LogP contribution >= 0.6 is 36.2 Å². The normalized spacial score (nSPS) is 13.7. The maximum Gasteiger partial charge on any atom is 0.327 e. The molecule has 122 valence electrons. The smallest absolute Gasteiger partial charge is 0.327 e. The summed E-state index contributed by atoms with van der Waals surface area (Å²) in [6.45, 7) is 6.68. The Balaban J connectivity index is 5.86. The molecule has 0 aromatic rings. The molecule has 0 rings (SSSR count). The lowest BCUT2D eigenvalue weighted by Gasteiger charge is -2.36. The topological polar surface area (TPSA) is 74.7 Å². The minimum atomic E-state index is -1.27. The van der Waals surface area contributed by atoms with Crippen molar-refractivity contribution in [2.45, 2.75) is 43.2 Å². The van der Waals surface area contributed by atoms with Gasteiger partial charge in [-0.25, -0.2) is 4.79 Å². The molecule has 0 fully saturated rings. The minimum Gasteiger partial charge on any atom is -0.480 e. The van der Waals surface area contributed by atoms with Crippen molar-refractivity contribution in [3.8, 4) is 0 Å². The Morgan fingerprint density at radius 3 is 1.57 bits per heavy atom. The number of carboxylic acid groups (broad SMARTS) is 1. The van der Waals surface area contributed by atoms with Gasteiger partial charge in [0.15, 0.2) is 0 Å². The lowest BCUT2D eigenvalue weighted by molar-refractivity contribution is -0.158. The summed E-state index contributed by atoms with van der Waals surface area (Å²) < 4.78 is -1.78. The van der Waals surface area contributed by atoms with Crippen LogP contribution in [0.25, 0.3) is 0 Å². The van der Waals surface area contributed by atoms with Gasteiger partial charge in [-0.15, -0.1) is 23.5 Å². The Morgan fingerprint density at radius 1 is 1.05 bits per heavy atom. The zero-order chi connectivity index (χ0) is 17.0. The average molecular weight is 354 g/mol. The first-order chi connectivity index (χ1) is 9.46. The van der Waals surface area contributed by atoms with E-state index in [0.717, 1.165) is 4.90 Å². The highest BCUT2D eigenvalue weighted by Gasteiger charge is 2.45. The second-order valence-corrected chi connectivity index (χ2v) is 8.67. The average Bonchev–Trinajstić information content (AvgIpc) is 2.42. The molecule has 0 radical (unpaired) electrons. The number of amides is 2. The van der Waals surface area contributed by atoms with Crippen LogP contribution in [0.1, 0.15) is 27.7 Å². The van der Waals surface area contributed by atoms with Gasteiger partial charge in [0, 0.05) is 5.75 Å². The van der Waals surface area contributed by atoms with Crippen LogP contribution in [0.3, 0.4) is 0 Å². The number of aliphatic carboxylic acids is 1. The van der Waals surface area contributed by atoms with E-state index in [-0.39, 0.29) is 5.75 Å². The van der Waals surface area contributed by atoms with E-state index in [1.807, 2.05) is 0 Å². The molecule has 1 atom stereocenters. The van der Waals surface area contributed by atoms with Gasteiger partial charge in [0.1, 0.15) is 6.04 Å². The van der Waals surface area contributed by atoms with E-state index >= 15 is 0 Å². The Labute approximate surface area is 140 Å². The first-order valence-corrected chi connectivity index (χ1v) is 9.36. The lowest BCUT2D eigenvalue weighted by Crippen LogP contribution is -2.59. The number of rotatable bonds is 7. The van der Waals surface area contributed by atoms with Crippen molar-refractivity contribution in [2.75, 3.05) is 18.3 Å². The Hall–Kier alpha value is -0.340. The van der Waals surface area contributed by atoms with Gasteiger partial charge in [-0.1, -0.05) is 0 Å². The molecule has 0 heterocycles. The summed E-state index contributed by atoms with van der Waals surface area (Å²) in [5.74, 6) is -2.38. The third-order valence-electron chi connectivity index (χ3n) is 3.26. The number of thioether (sulfide) groups is 2. The molecule has 8 heteroatoms. The van der Waals surface area contributed by atoms with Crippen LogP contribution in [0, 0.1) is 0 Å². The van der Waals surface area contributed by atoms with Crippen molar-refractivity contribution in [1.29, 1.82) is 0 Å². The molecule has 0 aliphatic carbocycles. The van der Waals surface area contributed by atoms with Gasteiger partial charge < -0.3 is 5.11 Å². The van der Waals surface area contributed by atoms with Crippen LogP contribution in [-0.4, -0.2) is 61.6 Å². The van der Waals surface area contributed by atoms with Gasteiger partial charge in [0.2, 0.25) is 11.8 Å². The second-order valence-electron chi connectivity index (χ2n) is 5.45. The summed E-state index contributed by atoms with van der Waals surface area (Å²) in [4.78, 5) is 37.6. The summed E-state index contributed by atoms with van der Waals surface area (Å²) >= 11 is 6.53. The number of nitrogens with zero attached hydrogens (tertiary/aromatic N) is 1. The molecule has 1 N–H and O–H groups in total. The highest BCUT2D eigenvalue weighted by molar-refractivity contribution is 8.01. The van der Waals surface area contributed by atoms with Gasteiger partial charge in [-0.2, -0.15) is 12.6 Å². The largest absolute Gasteiger partial charge is 0.480 e. The molecule has 0 spiro atoms. The predicted octanol–water partition coefficient (Wildman–Crippen LogP) is 2.01. The van der Waals surface area contributed by atoms with E-state index in [1.165, 1.54) is 23.5 Å². The fourth-order valence-electron chi connectivity index (χ4n) is 1.40. The second kappa shape index (κ2) is 7.78. The Bertz CT molecular complexity index is 396. The van der Waals surface area contributed by atoms with E-state index in [2.05, 4.69) is 12.6 Å². The molecule has 5 nitrogen and oxygen atoms in total. The number of hydrogen-bond acceptors (Lipinski definition) is 6. The maximum absolute atomic E-state index is 12.7. The predicted molar refractivity (Wildman–Crippen MR) is 92.3 cm³/mol. The highest BCUT2D eigenvalue weighted by Crippen LogP contribution is 2.30. The van der Waals surface area contributed by atoms with Crippen molar-refractivity contribution in [1.82, 2.24) is 4.90 Å². The Kier molecular flexibility index (Phi) is 7.66. The SMILES string of the molecule is CSC(C)(C)C(=O)N(C(=O)C(C)(C)SC)[C@@H](CS)C(=O)O. The fourth-order valence-corrected chi connectivity index (χ4v) is 2.27. The molecular weight excluding hydrogens is 330 g/mol. The first kappa shape index (κ1) is 20.7. The number of hydrogen-bond donors (Lipinski definition) is 2. The molecule has 0 saturated carbocycles. The molecule has 0 saturated heterocycles. The Morgan fingerprint density at radius 2 is 1.38 bits per heavy atom. The number of imide groups is 1. The quantitative estimate of drug-likeness (QED) is 0.682. The van der Waals surface area contributed by atoms with Crippen LogP contribution < -0.4 is 0 Å². The van der Waals surface area contributed by atoms with Gasteiger partial charge in [-0.05, 0) is 40.2 Å². The molecule has 2 amide bonds. The third kappa shape index (κ3) is 4.82. The third-order valence-corrected chi connectivity index (χ3v) is 5.99. The zero-order valence-corrected chi connectivity index (χ0v) is 15.7. The van der Waals surface area contributed by atoms with Crippen molar-refractivity contribution in [3.63, 3.8) is 0 Å². The summed E-state index contributed by atoms with van der Waals surface area (Å²) in [7, 11) is 0. The van der Waals surface area contributed by atoms with Gasteiger partial charge >= 0.3 is 5.97 Å². The van der Waals surface area contributed by atoms with E-state index < -0.39 is 33.3 Å². The molecular formula is C13H23NO4S3. The van der Waals surface area contributed by atoms with Crippen LogP contribution in [0.2, 0.25) is 0 Å². The van der Waals surface area contributed by atoms with E-state index in [1.54, 1.807) is 40.2 Å². The van der Waals surface area contributed by atoms with Crippen LogP contribution in [0.4, 0.5) is 0 Å². The van der Waals surface area contributed by atoms with Gasteiger partial charge in [0.05, 0.1) is 9.49 Å². The molecule has 0 aromatic carbocycles. The van der Waals surface area contributed by atoms with Crippen molar-refractivity contribution in [3.05, 3.63) is 0 Å². The summed E-state index contributed by atoms with van der Waals surface area (Å²) in [5, 5.41) is 9.31. The molecule has 21 heavy (non-hydrogen) atoms. The summed E-state index contributed by atoms with van der Waals surface area (Å²) in [6.07, 6.45) is 3.49. The van der Waals surface area contributed by atoms with Crippen LogP contribution in [-0.2, 0) is 14.4 Å². The number of carbonyl (C=O) groups is 3. The standard InChI is InChI=1S/C13H23NO4S3/c1-12(2,20-5)10(17)14(8(7-19)9(15)16)11(18)13(3,4)21-6/h8,19H,7H2,1-6H3,(H,15,16)/t8-/m0/s1. The summed E-state index contributed by atoms with van der Waals surface area (Å²) in [6, 6.07) is -1.27. The molecule has 0 aliphatic heterocycles. The number of thiol groups is 1. The van der Waals surface area contributed by atoms with Gasteiger partial charge in [-0.3, -0.25) is 14.5 Å². The molecule has 0 unspecified atom stereocenters. The zero-order valence-electron chi connectivity index (χ0n) is 13.2. The van der Waals surface area contributed by atoms with Crippen molar-refractivity contribution < 1.29 is 19.5 Å². The monoisotopic (exact) mass is 353 g/mol. The number of carboxylic acids is 1. The van der Waals surface area contributed by atoms with Crippen molar-refractivity contribution >= 4 is 53.9 Å². The lowest BCUT2D eigenvalue weighted by atomic mass is 10.1. The number of carbonyl (C=O) groups excluding carboxylic acids is 2.